The molecule has 1 N–H and O–H groups in total. The Kier molecular flexibility index (Phi) is 4.70. The minimum absolute atomic E-state index is 0.146. The smallest absolute Gasteiger partial charge is 0.165 e. The summed E-state index contributed by atoms with van der Waals surface area (Å²) in [6, 6.07) is 0. The first-order chi connectivity index (χ1) is 9.04. The number of carbonyl (C=O) groups excluding carboxylic acids is 1. The monoisotopic (exact) mass is 264 g/mol. The fourth-order valence-electron chi connectivity index (χ4n) is 3.81. The van der Waals surface area contributed by atoms with Crippen LogP contribution >= 0.6 is 0 Å². The summed E-state index contributed by atoms with van der Waals surface area (Å²) in [7, 11) is 0. The zero-order valence-corrected chi connectivity index (χ0v) is 12.5. The fourth-order valence-corrected chi connectivity index (χ4v) is 3.81. The third kappa shape index (κ3) is 3.21. The summed E-state index contributed by atoms with van der Waals surface area (Å²) in [6.45, 7) is 3.96. The summed E-state index contributed by atoms with van der Waals surface area (Å²) in [5, 5.41) is 10.6. The molecule has 0 aromatic carbocycles. The Balaban J connectivity index is 2.12. The van der Waals surface area contributed by atoms with E-state index in [4.69, 9.17) is 0 Å². The van der Waals surface area contributed by atoms with Crippen molar-refractivity contribution in [3.8, 4) is 0 Å². The van der Waals surface area contributed by atoms with Crippen LogP contribution in [0.3, 0.4) is 0 Å². The number of aliphatic hydroxyl groups excluding tert-OH is 1. The topological polar surface area (TPSA) is 37.3 Å². The van der Waals surface area contributed by atoms with E-state index in [-0.39, 0.29) is 17.1 Å². The highest BCUT2D eigenvalue weighted by molar-refractivity contribution is 5.97. The molecule has 2 saturated carbocycles. The lowest BCUT2D eigenvalue weighted by Crippen LogP contribution is -2.27. The van der Waals surface area contributed by atoms with Crippen LogP contribution in [-0.4, -0.2) is 10.9 Å². The van der Waals surface area contributed by atoms with E-state index in [0.29, 0.717) is 11.3 Å². The van der Waals surface area contributed by atoms with E-state index in [1.807, 2.05) is 6.92 Å². The lowest BCUT2D eigenvalue weighted by atomic mass is 9.72. The fraction of sp³-hybridized carbons (Fsp3) is 0.824. The van der Waals surface area contributed by atoms with E-state index in [1.165, 1.54) is 38.5 Å². The zero-order valence-electron chi connectivity index (χ0n) is 12.5. The van der Waals surface area contributed by atoms with Crippen molar-refractivity contribution in [1.29, 1.82) is 0 Å². The molecule has 0 amide bonds. The molecule has 108 valence electrons. The largest absolute Gasteiger partial charge is 0.511 e. The standard InChI is InChI=1S/C17H28O2/c1-13(15(18)14-9-5-3-6-10-14)16(19)17(2)11-7-4-8-12-17/h14,19H,3-12H2,1-2H3. The number of hydrogen-bond donors (Lipinski definition) is 1. The summed E-state index contributed by atoms with van der Waals surface area (Å²) in [5.74, 6) is 0.773. The maximum atomic E-state index is 12.5. The molecule has 0 spiro atoms. The van der Waals surface area contributed by atoms with Gasteiger partial charge < -0.3 is 5.11 Å². The number of rotatable bonds is 3. The molecule has 2 aliphatic carbocycles. The molecule has 0 atom stereocenters. The average Bonchev–Trinajstić information content (AvgIpc) is 2.46. The Labute approximate surface area is 117 Å². The third-order valence-electron chi connectivity index (χ3n) is 5.23. The lowest BCUT2D eigenvalue weighted by molar-refractivity contribution is -0.120. The first-order valence-electron chi connectivity index (χ1n) is 7.99. The van der Waals surface area contributed by atoms with E-state index in [0.717, 1.165) is 25.7 Å². The van der Waals surface area contributed by atoms with Crippen molar-refractivity contribution in [2.24, 2.45) is 11.3 Å². The summed E-state index contributed by atoms with van der Waals surface area (Å²) in [4.78, 5) is 12.5. The van der Waals surface area contributed by atoms with Gasteiger partial charge in [0.25, 0.3) is 0 Å². The Morgan fingerprint density at radius 2 is 1.53 bits per heavy atom. The lowest BCUT2D eigenvalue weighted by Gasteiger charge is -2.34. The van der Waals surface area contributed by atoms with Gasteiger partial charge in [0.05, 0.1) is 0 Å². The van der Waals surface area contributed by atoms with Crippen molar-refractivity contribution in [1.82, 2.24) is 0 Å². The minimum atomic E-state index is -0.146. The highest BCUT2D eigenvalue weighted by Gasteiger charge is 2.34. The summed E-state index contributed by atoms with van der Waals surface area (Å²) < 4.78 is 0. The zero-order chi connectivity index (χ0) is 13.9. The number of allylic oxidation sites excluding steroid dienone is 2. The van der Waals surface area contributed by atoms with Crippen LogP contribution < -0.4 is 0 Å². The van der Waals surface area contributed by atoms with Gasteiger partial charge in [0.15, 0.2) is 5.78 Å². The van der Waals surface area contributed by atoms with E-state index >= 15 is 0 Å². The molecule has 2 aliphatic rings. The average molecular weight is 264 g/mol. The van der Waals surface area contributed by atoms with Gasteiger partial charge in [-0.25, -0.2) is 0 Å². The molecular weight excluding hydrogens is 236 g/mol. The molecule has 0 aliphatic heterocycles. The maximum absolute atomic E-state index is 12.5. The molecule has 0 bridgehead atoms. The molecule has 19 heavy (non-hydrogen) atoms. The van der Waals surface area contributed by atoms with Crippen LogP contribution in [0.15, 0.2) is 11.3 Å². The van der Waals surface area contributed by atoms with E-state index < -0.39 is 0 Å². The van der Waals surface area contributed by atoms with Crippen molar-refractivity contribution in [3.05, 3.63) is 11.3 Å². The first kappa shape index (κ1) is 14.6. The van der Waals surface area contributed by atoms with Gasteiger partial charge in [0.2, 0.25) is 0 Å². The predicted molar refractivity (Wildman–Crippen MR) is 78.1 cm³/mol. The summed E-state index contributed by atoms with van der Waals surface area (Å²) in [6.07, 6.45) is 11.3. The summed E-state index contributed by atoms with van der Waals surface area (Å²) >= 11 is 0. The van der Waals surface area contributed by atoms with Crippen LogP contribution in [0.2, 0.25) is 0 Å². The molecule has 2 heteroatoms. The van der Waals surface area contributed by atoms with Crippen molar-refractivity contribution >= 4 is 5.78 Å². The van der Waals surface area contributed by atoms with Crippen LogP contribution in [0.5, 0.6) is 0 Å². The Morgan fingerprint density at radius 1 is 1.00 bits per heavy atom. The molecular formula is C17H28O2. The van der Waals surface area contributed by atoms with Crippen molar-refractivity contribution in [2.45, 2.75) is 78.1 Å². The van der Waals surface area contributed by atoms with Crippen molar-refractivity contribution < 1.29 is 9.90 Å². The van der Waals surface area contributed by atoms with Gasteiger partial charge in [-0.05, 0) is 32.6 Å². The van der Waals surface area contributed by atoms with Gasteiger partial charge >= 0.3 is 0 Å². The Hall–Kier alpha value is -0.790. The van der Waals surface area contributed by atoms with Gasteiger partial charge in [-0.3, -0.25) is 4.79 Å². The number of aliphatic hydroxyl groups is 1. The molecule has 0 unspecified atom stereocenters. The second kappa shape index (κ2) is 6.11. The van der Waals surface area contributed by atoms with Crippen molar-refractivity contribution in [2.75, 3.05) is 0 Å². The predicted octanol–water partition coefficient (Wildman–Crippen LogP) is 4.94. The highest BCUT2D eigenvalue weighted by atomic mass is 16.3. The van der Waals surface area contributed by atoms with E-state index in [2.05, 4.69) is 6.92 Å². The van der Waals surface area contributed by atoms with Crippen LogP contribution in [0.4, 0.5) is 0 Å². The molecule has 2 fully saturated rings. The summed E-state index contributed by atoms with van der Waals surface area (Å²) in [5.41, 5.74) is 0.503. The van der Waals surface area contributed by atoms with Gasteiger partial charge in [-0.15, -0.1) is 0 Å². The molecule has 0 saturated heterocycles. The Morgan fingerprint density at radius 3 is 2.11 bits per heavy atom. The number of hydrogen-bond acceptors (Lipinski definition) is 2. The molecule has 0 aromatic heterocycles. The number of Topliss-reactive ketones (excluding diaryl/α,β-unsaturated/α-hetero) is 1. The SMILES string of the molecule is CC(C(=O)C1CCCCC1)=C(O)C1(C)CCCCC1. The highest BCUT2D eigenvalue weighted by Crippen LogP contribution is 2.42. The van der Waals surface area contributed by atoms with Crippen LogP contribution in [0.25, 0.3) is 0 Å². The molecule has 2 rings (SSSR count). The molecule has 0 radical (unpaired) electrons. The minimum Gasteiger partial charge on any atom is -0.511 e. The number of carbonyl (C=O) groups is 1. The molecule has 0 aromatic rings. The van der Waals surface area contributed by atoms with Gasteiger partial charge in [-0.1, -0.05) is 45.4 Å². The van der Waals surface area contributed by atoms with Gasteiger partial charge in [0, 0.05) is 16.9 Å². The van der Waals surface area contributed by atoms with E-state index in [1.54, 1.807) is 0 Å². The van der Waals surface area contributed by atoms with Crippen LogP contribution in [0, 0.1) is 11.3 Å². The normalized spacial score (nSPS) is 25.8. The molecule has 2 nitrogen and oxygen atoms in total. The van der Waals surface area contributed by atoms with Gasteiger partial charge in [-0.2, -0.15) is 0 Å². The second-order valence-corrected chi connectivity index (χ2v) is 6.79. The third-order valence-corrected chi connectivity index (χ3v) is 5.23. The second-order valence-electron chi connectivity index (χ2n) is 6.79. The number of ketones is 1. The van der Waals surface area contributed by atoms with Crippen molar-refractivity contribution in [3.63, 3.8) is 0 Å². The van der Waals surface area contributed by atoms with Crippen LogP contribution in [0.1, 0.15) is 78.1 Å². The quantitative estimate of drug-likeness (QED) is 0.579. The van der Waals surface area contributed by atoms with E-state index in [9.17, 15) is 9.90 Å². The van der Waals surface area contributed by atoms with Crippen LogP contribution in [-0.2, 0) is 4.79 Å². The van der Waals surface area contributed by atoms with Gasteiger partial charge in [0.1, 0.15) is 5.76 Å². The maximum Gasteiger partial charge on any atom is 0.165 e. The Bertz CT molecular complexity index is 355. The molecule has 0 heterocycles. The first-order valence-corrected chi connectivity index (χ1v) is 7.99.